The zero-order chi connectivity index (χ0) is 13.8. The molecule has 0 spiro atoms. The van der Waals surface area contributed by atoms with E-state index in [1.54, 1.807) is 19.1 Å². The van der Waals surface area contributed by atoms with E-state index in [4.69, 9.17) is 11.6 Å². The summed E-state index contributed by atoms with van der Waals surface area (Å²) in [5, 5.41) is 0. The lowest BCUT2D eigenvalue weighted by atomic mass is 10.0. The van der Waals surface area contributed by atoms with Gasteiger partial charge in [0, 0.05) is 11.3 Å². The minimum Gasteiger partial charge on any atom is -0.298 e. The number of halogens is 4. The lowest BCUT2D eigenvalue weighted by Gasteiger charge is -2.14. The third kappa shape index (κ3) is 4.53. The van der Waals surface area contributed by atoms with Crippen molar-refractivity contribution in [3.63, 3.8) is 0 Å². The average Bonchev–Trinajstić information content (AvgIpc) is 2.29. The Balaban J connectivity index is 3.12. The van der Waals surface area contributed by atoms with Crippen LogP contribution in [0.15, 0.2) is 23.1 Å². The number of thioether (sulfide) groups is 1. The largest absolute Gasteiger partial charge is 0.446 e. The summed E-state index contributed by atoms with van der Waals surface area (Å²) in [7, 11) is 0. The number of Topliss-reactive ketones (excluding diaryl/α,β-unsaturated/α-hetero) is 1. The number of alkyl halides is 4. The van der Waals surface area contributed by atoms with Crippen LogP contribution in [0.3, 0.4) is 0 Å². The van der Waals surface area contributed by atoms with Gasteiger partial charge in [-0.1, -0.05) is 25.1 Å². The van der Waals surface area contributed by atoms with E-state index in [1.807, 2.05) is 0 Å². The molecule has 100 valence electrons. The van der Waals surface area contributed by atoms with Gasteiger partial charge in [-0.15, -0.1) is 11.6 Å². The highest BCUT2D eigenvalue weighted by molar-refractivity contribution is 8.00. The molecule has 1 nitrogen and oxygen atoms in total. The van der Waals surface area contributed by atoms with Gasteiger partial charge in [-0.3, -0.25) is 4.79 Å². The van der Waals surface area contributed by atoms with Gasteiger partial charge in [0.25, 0.3) is 0 Å². The minimum absolute atomic E-state index is 0.0598. The molecule has 1 rings (SSSR count). The van der Waals surface area contributed by atoms with Crippen LogP contribution in [-0.2, 0) is 17.6 Å². The Morgan fingerprint density at radius 3 is 2.44 bits per heavy atom. The van der Waals surface area contributed by atoms with E-state index in [9.17, 15) is 18.0 Å². The van der Waals surface area contributed by atoms with E-state index in [0.717, 1.165) is 0 Å². The molecule has 6 heteroatoms. The molecule has 0 heterocycles. The van der Waals surface area contributed by atoms with Crippen molar-refractivity contribution in [1.82, 2.24) is 0 Å². The van der Waals surface area contributed by atoms with Crippen molar-refractivity contribution < 1.29 is 18.0 Å². The monoisotopic (exact) mass is 296 g/mol. The maximum Gasteiger partial charge on any atom is 0.446 e. The van der Waals surface area contributed by atoms with E-state index in [-0.39, 0.29) is 34.7 Å². The minimum atomic E-state index is -4.36. The van der Waals surface area contributed by atoms with Gasteiger partial charge in [0.15, 0.2) is 5.78 Å². The van der Waals surface area contributed by atoms with Crippen LogP contribution in [-0.4, -0.2) is 17.2 Å². The summed E-state index contributed by atoms with van der Waals surface area (Å²) in [5.74, 6) is -0.471. The fourth-order valence-electron chi connectivity index (χ4n) is 1.56. The summed E-state index contributed by atoms with van der Waals surface area (Å²) in [6, 6.07) is 4.84. The van der Waals surface area contributed by atoms with Crippen molar-refractivity contribution in [1.29, 1.82) is 0 Å². The van der Waals surface area contributed by atoms with Gasteiger partial charge in [0.1, 0.15) is 0 Å². The summed E-state index contributed by atoms with van der Waals surface area (Å²) >= 11 is 5.22. The quantitative estimate of drug-likeness (QED) is 0.598. The first-order chi connectivity index (χ1) is 8.37. The molecule has 0 amide bonds. The molecule has 0 saturated carbocycles. The first-order valence-electron chi connectivity index (χ1n) is 5.31. The zero-order valence-electron chi connectivity index (χ0n) is 9.68. The molecule has 0 aliphatic heterocycles. The van der Waals surface area contributed by atoms with Crippen molar-refractivity contribution in [2.75, 3.05) is 5.88 Å². The number of rotatable bonds is 5. The molecule has 1 aromatic rings. The van der Waals surface area contributed by atoms with Gasteiger partial charge < -0.3 is 0 Å². The number of aryl methyl sites for hydroxylation is 1. The van der Waals surface area contributed by atoms with Crippen LogP contribution >= 0.6 is 23.4 Å². The Labute approximate surface area is 113 Å². The lowest BCUT2D eigenvalue weighted by Crippen LogP contribution is -2.08. The summed E-state index contributed by atoms with van der Waals surface area (Å²) in [5.41, 5.74) is -3.37. The Morgan fingerprint density at radius 1 is 1.33 bits per heavy atom. The highest BCUT2D eigenvalue weighted by Crippen LogP contribution is 2.40. The molecular weight excluding hydrogens is 285 g/mol. The van der Waals surface area contributed by atoms with E-state index < -0.39 is 5.51 Å². The van der Waals surface area contributed by atoms with Crippen molar-refractivity contribution in [3.05, 3.63) is 29.3 Å². The summed E-state index contributed by atoms with van der Waals surface area (Å²) in [6.45, 7) is 1.78. The molecule has 0 unspecified atom stereocenters. The second-order valence-electron chi connectivity index (χ2n) is 3.66. The SMILES string of the molecule is CCc1cccc(CC(=O)CCl)c1SC(F)(F)F. The highest BCUT2D eigenvalue weighted by Gasteiger charge is 2.31. The van der Waals surface area contributed by atoms with Gasteiger partial charge in [0.2, 0.25) is 0 Å². The molecular formula is C12H12ClF3OS. The Hall–Kier alpha value is -0.680. The predicted molar refractivity (Wildman–Crippen MR) is 67.2 cm³/mol. The molecule has 0 aliphatic rings. The van der Waals surface area contributed by atoms with Crippen LogP contribution in [0.1, 0.15) is 18.1 Å². The topological polar surface area (TPSA) is 17.1 Å². The van der Waals surface area contributed by atoms with Crippen LogP contribution in [0.2, 0.25) is 0 Å². The molecule has 0 aromatic heterocycles. The Kier molecular flexibility index (Phi) is 5.53. The number of carbonyl (C=O) groups excluding carboxylic acids is 1. The predicted octanol–water partition coefficient (Wildman–Crippen LogP) is 4.21. The van der Waals surface area contributed by atoms with Gasteiger partial charge in [-0.2, -0.15) is 13.2 Å². The van der Waals surface area contributed by atoms with E-state index in [2.05, 4.69) is 0 Å². The maximum absolute atomic E-state index is 12.5. The number of hydrogen-bond donors (Lipinski definition) is 0. The number of ketones is 1. The fourth-order valence-corrected chi connectivity index (χ4v) is 2.50. The number of carbonyl (C=O) groups is 1. The standard InChI is InChI=1S/C12H12ClF3OS/c1-2-8-4-3-5-9(6-10(17)7-13)11(8)18-12(14,15)16/h3-5H,2,6-7H2,1H3. The second-order valence-corrected chi connectivity index (χ2v) is 5.00. The van der Waals surface area contributed by atoms with E-state index in [1.165, 1.54) is 6.07 Å². The molecule has 0 atom stereocenters. The number of hydrogen-bond acceptors (Lipinski definition) is 2. The molecule has 0 bridgehead atoms. The number of benzene rings is 1. The molecule has 1 aromatic carbocycles. The summed E-state index contributed by atoms with van der Waals surface area (Å²) in [6.07, 6.45) is 0.428. The second kappa shape index (κ2) is 6.48. The zero-order valence-corrected chi connectivity index (χ0v) is 11.3. The molecule has 0 saturated heterocycles. The van der Waals surface area contributed by atoms with Crippen molar-refractivity contribution in [2.45, 2.75) is 30.2 Å². The van der Waals surface area contributed by atoms with Gasteiger partial charge in [-0.25, -0.2) is 0 Å². The van der Waals surface area contributed by atoms with Crippen molar-refractivity contribution >= 4 is 29.1 Å². The van der Waals surface area contributed by atoms with Crippen LogP contribution < -0.4 is 0 Å². The van der Waals surface area contributed by atoms with Crippen LogP contribution in [0.4, 0.5) is 13.2 Å². The molecule has 18 heavy (non-hydrogen) atoms. The van der Waals surface area contributed by atoms with E-state index in [0.29, 0.717) is 17.5 Å². The van der Waals surface area contributed by atoms with Crippen LogP contribution in [0.25, 0.3) is 0 Å². The Bertz CT molecular complexity index is 432. The van der Waals surface area contributed by atoms with Gasteiger partial charge in [-0.05, 0) is 29.3 Å². The molecule has 0 aliphatic carbocycles. The maximum atomic E-state index is 12.5. The van der Waals surface area contributed by atoms with Gasteiger partial charge >= 0.3 is 5.51 Å². The normalized spacial score (nSPS) is 11.6. The molecule has 0 radical (unpaired) electrons. The fraction of sp³-hybridized carbons (Fsp3) is 0.417. The third-order valence-electron chi connectivity index (χ3n) is 2.31. The lowest BCUT2D eigenvalue weighted by molar-refractivity contribution is -0.116. The average molecular weight is 297 g/mol. The highest BCUT2D eigenvalue weighted by atomic mass is 35.5. The first-order valence-corrected chi connectivity index (χ1v) is 6.66. The summed E-state index contributed by atoms with van der Waals surface area (Å²) in [4.78, 5) is 11.4. The molecule has 0 N–H and O–H groups in total. The first kappa shape index (κ1) is 15.4. The van der Waals surface area contributed by atoms with Gasteiger partial charge in [0.05, 0.1) is 5.88 Å². The third-order valence-corrected chi connectivity index (χ3v) is 3.57. The smallest absolute Gasteiger partial charge is 0.298 e. The summed E-state index contributed by atoms with van der Waals surface area (Å²) < 4.78 is 37.5. The Morgan fingerprint density at radius 2 is 1.94 bits per heavy atom. The van der Waals surface area contributed by atoms with Crippen LogP contribution in [0.5, 0.6) is 0 Å². The van der Waals surface area contributed by atoms with Crippen molar-refractivity contribution in [3.8, 4) is 0 Å². The van der Waals surface area contributed by atoms with Crippen molar-refractivity contribution in [2.24, 2.45) is 0 Å². The van der Waals surface area contributed by atoms with E-state index >= 15 is 0 Å². The van der Waals surface area contributed by atoms with Crippen LogP contribution in [0, 0.1) is 0 Å². The molecule has 0 fully saturated rings.